The van der Waals surface area contributed by atoms with Crippen LogP contribution in [0.3, 0.4) is 0 Å². The molecule has 0 aliphatic carbocycles. The predicted octanol–water partition coefficient (Wildman–Crippen LogP) is 2.20. The minimum atomic E-state index is -3.60. The molecule has 1 heterocycles. The number of hydrogen-bond donors (Lipinski definition) is 1. The monoisotopic (exact) mass is 350 g/mol. The summed E-state index contributed by atoms with van der Waals surface area (Å²) in [6.07, 6.45) is 3.46. The number of benzene rings is 1. The zero-order chi connectivity index (χ0) is 18.1. The van der Waals surface area contributed by atoms with Gasteiger partial charge < -0.3 is 4.57 Å². The molecule has 1 unspecified atom stereocenters. The smallest absolute Gasteiger partial charge is 0.279 e. The highest BCUT2D eigenvalue weighted by atomic mass is 32.2. The van der Waals surface area contributed by atoms with E-state index in [1.54, 1.807) is 12.4 Å². The van der Waals surface area contributed by atoms with Crippen molar-refractivity contribution in [3.63, 3.8) is 0 Å². The molecule has 0 bridgehead atoms. The van der Waals surface area contributed by atoms with E-state index < -0.39 is 16.3 Å². The van der Waals surface area contributed by atoms with E-state index in [-0.39, 0.29) is 5.41 Å². The van der Waals surface area contributed by atoms with Gasteiger partial charge in [0.1, 0.15) is 11.9 Å². The topological polar surface area (TPSA) is 67.2 Å². The molecule has 1 N–H and O–H groups in total. The van der Waals surface area contributed by atoms with E-state index in [0.717, 1.165) is 9.87 Å². The van der Waals surface area contributed by atoms with Crippen molar-refractivity contribution in [2.24, 2.45) is 7.05 Å². The van der Waals surface area contributed by atoms with Crippen molar-refractivity contribution in [1.82, 2.24) is 18.6 Å². The second kappa shape index (κ2) is 6.66. The Labute approximate surface area is 144 Å². The van der Waals surface area contributed by atoms with Gasteiger partial charge in [0.2, 0.25) is 0 Å². The summed E-state index contributed by atoms with van der Waals surface area (Å²) in [6.45, 7) is 6.44. The van der Waals surface area contributed by atoms with E-state index in [1.807, 2.05) is 35.9 Å². The average molecular weight is 350 g/mol. The van der Waals surface area contributed by atoms with E-state index in [2.05, 4.69) is 30.5 Å². The fraction of sp³-hybridized carbons (Fsp3) is 0.471. The third-order valence-corrected chi connectivity index (χ3v) is 5.47. The lowest BCUT2D eigenvalue weighted by Crippen LogP contribution is -2.39. The molecule has 0 aliphatic rings. The highest BCUT2D eigenvalue weighted by Crippen LogP contribution is 2.26. The summed E-state index contributed by atoms with van der Waals surface area (Å²) < 4.78 is 30.4. The summed E-state index contributed by atoms with van der Waals surface area (Å²) in [5.41, 5.74) is 2.09. The van der Waals surface area contributed by atoms with Crippen molar-refractivity contribution < 1.29 is 8.42 Å². The molecular formula is C17H26N4O2S. The molecule has 132 valence electrons. The van der Waals surface area contributed by atoms with Gasteiger partial charge in [-0.25, -0.2) is 4.98 Å². The molecule has 24 heavy (non-hydrogen) atoms. The Morgan fingerprint density at radius 1 is 1.17 bits per heavy atom. The van der Waals surface area contributed by atoms with E-state index >= 15 is 0 Å². The first kappa shape index (κ1) is 18.6. The molecule has 6 nitrogen and oxygen atoms in total. The second-order valence-electron chi connectivity index (χ2n) is 7.11. The molecule has 2 rings (SSSR count). The SMILES string of the molecule is CN(C)S(=O)(=O)NC(c1ccc(C(C)(C)C)cc1)c1nccn1C. The van der Waals surface area contributed by atoms with Crippen molar-refractivity contribution in [1.29, 1.82) is 0 Å². The first-order valence-electron chi connectivity index (χ1n) is 7.80. The van der Waals surface area contributed by atoms with Gasteiger partial charge in [-0.1, -0.05) is 45.0 Å². The second-order valence-corrected chi connectivity index (χ2v) is 9.02. The quantitative estimate of drug-likeness (QED) is 0.899. The van der Waals surface area contributed by atoms with Crippen molar-refractivity contribution >= 4 is 10.2 Å². The summed E-state index contributed by atoms with van der Waals surface area (Å²) in [5.74, 6) is 0.643. The molecule has 1 aromatic heterocycles. The maximum atomic E-state index is 12.3. The first-order chi connectivity index (χ1) is 11.0. The van der Waals surface area contributed by atoms with Gasteiger partial charge in [-0.3, -0.25) is 0 Å². The Balaban J connectivity index is 2.46. The van der Waals surface area contributed by atoms with Crippen LogP contribution in [0.25, 0.3) is 0 Å². The van der Waals surface area contributed by atoms with Crippen molar-refractivity contribution in [2.45, 2.75) is 32.2 Å². The lowest BCUT2D eigenvalue weighted by atomic mass is 9.86. The summed E-state index contributed by atoms with van der Waals surface area (Å²) in [7, 11) is 1.25. The maximum absolute atomic E-state index is 12.3. The molecular weight excluding hydrogens is 324 g/mol. The van der Waals surface area contributed by atoms with Crippen LogP contribution in [-0.2, 0) is 22.7 Å². The number of nitrogens with one attached hydrogen (secondary N) is 1. The Hall–Kier alpha value is -1.70. The van der Waals surface area contributed by atoms with Gasteiger partial charge in [-0.05, 0) is 16.5 Å². The van der Waals surface area contributed by atoms with Crippen LogP contribution in [0.4, 0.5) is 0 Å². The third-order valence-electron chi connectivity index (χ3n) is 3.97. The number of rotatable bonds is 5. The fourth-order valence-corrected chi connectivity index (χ4v) is 3.11. The minimum absolute atomic E-state index is 0.0421. The third kappa shape index (κ3) is 4.03. The van der Waals surface area contributed by atoms with Gasteiger partial charge in [-0.15, -0.1) is 0 Å². The summed E-state index contributed by atoms with van der Waals surface area (Å²) in [5, 5.41) is 0. The largest absolute Gasteiger partial charge is 0.336 e. The van der Waals surface area contributed by atoms with E-state index in [1.165, 1.54) is 19.7 Å². The van der Waals surface area contributed by atoms with Crippen LogP contribution < -0.4 is 4.72 Å². The van der Waals surface area contributed by atoms with Gasteiger partial charge in [0.05, 0.1) is 0 Å². The molecule has 2 aromatic rings. The zero-order valence-electron chi connectivity index (χ0n) is 15.1. The van der Waals surface area contributed by atoms with E-state index in [4.69, 9.17) is 0 Å². The Bertz CT molecular complexity index is 787. The van der Waals surface area contributed by atoms with Crippen LogP contribution in [0.1, 0.15) is 43.8 Å². The minimum Gasteiger partial charge on any atom is -0.336 e. The zero-order valence-corrected chi connectivity index (χ0v) is 15.9. The lowest BCUT2D eigenvalue weighted by Gasteiger charge is -2.23. The van der Waals surface area contributed by atoms with Gasteiger partial charge in [0.15, 0.2) is 0 Å². The molecule has 0 radical (unpaired) electrons. The molecule has 0 saturated carbocycles. The molecule has 7 heteroatoms. The number of hydrogen-bond acceptors (Lipinski definition) is 3. The van der Waals surface area contributed by atoms with Gasteiger partial charge in [0.25, 0.3) is 10.2 Å². The first-order valence-corrected chi connectivity index (χ1v) is 9.24. The average Bonchev–Trinajstić information content (AvgIpc) is 2.90. The van der Waals surface area contributed by atoms with Gasteiger partial charge >= 0.3 is 0 Å². The lowest BCUT2D eigenvalue weighted by molar-refractivity contribution is 0.493. The van der Waals surface area contributed by atoms with Crippen molar-refractivity contribution in [3.05, 3.63) is 53.6 Å². The van der Waals surface area contributed by atoms with E-state index in [9.17, 15) is 8.42 Å². The Morgan fingerprint density at radius 2 is 1.75 bits per heavy atom. The van der Waals surface area contributed by atoms with Crippen LogP contribution in [0.15, 0.2) is 36.7 Å². The van der Waals surface area contributed by atoms with Crippen LogP contribution >= 0.6 is 0 Å². The standard InChI is InChI=1S/C17H26N4O2S/c1-17(2,3)14-9-7-13(8-10-14)15(16-18-11-12-21(16)6)19-24(22,23)20(4)5/h7-12,15,19H,1-6H3. The van der Waals surface area contributed by atoms with Gasteiger partial charge in [-0.2, -0.15) is 17.4 Å². The maximum Gasteiger partial charge on any atom is 0.279 e. The van der Waals surface area contributed by atoms with Crippen LogP contribution in [0.5, 0.6) is 0 Å². The van der Waals surface area contributed by atoms with Gasteiger partial charge in [0, 0.05) is 33.5 Å². The molecule has 1 aromatic carbocycles. The summed E-state index contributed by atoms with van der Waals surface area (Å²) in [6, 6.07) is 7.44. The number of imidazole rings is 1. The Kier molecular flexibility index (Phi) is 5.17. The fourth-order valence-electron chi connectivity index (χ4n) is 2.36. The Morgan fingerprint density at radius 3 is 2.17 bits per heavy atom. The van der Waals surface area contributed by atoms with E-state index in [0.29, 0.717) is 5.82 Å². The normalized spacial score (nSPS) is 14.1. The summed E-state index contributed by atoms with van der Waals surface area (Å²) >= 11 is 0. The molecule has 0 fully saturated rings. The highest BCUT2D eigenvalue weighted by molar-refractivity contribution is 7.87. The van der Waals surface area contributed by atoms with Crippen molar-refractivity contribution in [3.8, 4) is 0 Å². The molecule has 0 aliphatic heterocycles. The number of aromatic nitrogens is 2. The highest BCUT2D eigenvalue weighted by Gasteiger charge is 2.26. The predicted molar refractivity (Wildman–Crippen MR) is 95.9 cm³/mol. The summed E-state index contributed by atoms with van der Waals surface area (Å²) in [4.78, 5) is 4.32. The molecule has 1 atom stereocenters. The van der Waals surface area contributed by atoms with Crippen molar-refractivity contribution in [2.75, 3.05) is 14.1 Å². The van der Waals surface area contributed by atoms with Crippen LogP contribution in [0, 0.1) is 0 Å². The molecule has 0 amide bonds. The number of nitrogens with zero attached hydrogens (tertiary/aromatic N) is 3. The molecule has 0 spiro atoms. The van der Waals surface area contributed by atoms with Crippen LogP contribution in [-0.4, -0.2) is 36.4 Å². The molecule has 0 saturated heterocycles. The van der Waals surface area contributed by atoms with Crippen LogP contribution in [0.2, 0.25) is 0 Å². The number of aryl methyl sites for hydroxylation is 1.